The number of ether oxygens (including phenoxy) is 2. The number of hydrogen-bond acceptors (Lipinski definition) is 9. The Bertz CT molecular complexity index is 2560. The van der Waals surface area contributed by atoms with E-state index in [1.54, 1.807) is 67.6 Å². The lowest BCUT2D eigenvalue weighted by Crippen LogP contribution is -2.17. The van der Waals surface area contributed by atoms with E-state index in [4.69, 9.17) is 92.0 Å². The maximum atomic E-state index is 12.5. The van der Waals surface area contributed by atoms with E-state index < -0.39 is 11.9 Å². The van der Waals surface area contributed by atoms with Gasteiger partial charge in [-0.25, -0.2) is 14.4 Å². The van der Waals surface area contributed by atoms with Crippen molar-refractivity contribution < 1.29 is 43.3 Å². The Hall–Kier alpha value is -4.27. The van der Waals surface area contributed by atoms with Crippen LogP contribution in [0, 0.1) is 72.5 Å². The largest absolute Gasteiger partial charge is 0.478 e. The number of carboxylic acids is 1. The molecule has 0 heterocycles. The van der Waals surface area contributed by atoms with Gasteiger partial charge in [-0.15, -0.1) is 0 Å². The quantitative estimate of drug-likeness (QED) is 0.0816. The Kier molecular flexibility index (Phi) is 20.7. The van der Waals surface area contributed by atoms with Crippen molar-refractivity contribution in [3.63, 3.8) is 0 Å². The minimum Gasteiger partial charge on any atom is -0.478 e. The molecular weight excluding hydrogens is 1030 g/mol. The van der Waals surface area contributed by atoms with Gasteiger partial charge in [0.1, 0.15) is 13.5 Å². The fourth-order valence-corrected chi connectivity index (χ4v) is 9.37. The molecule has 2 amide bonds. The third-order valence-corrected chi connectivity index (χ3v) is 13.8. The molecule has 3 aromatic carbocycles. The van der Waals surface area contributed by atoms with Gasteiger partial charge in [0.15, 0.2) is 0 Å². The summed E-state index contributed by atoms with van der Waals surface area (Å²) in [6.07, 6.45) is 5.07. The fraction of sp³-hybridized carbons (Fsp3) is 0.400. The number of amides is 2. The van der Waals surface area contributed by atoms with Gasteiger partial charge in [0, 0.05) is 23.0 Å². The summed E-state index contributed by atoms with van der Waals surface area (Å²) in [5.41, 5.74) is 10.6. The summed E-state index contributed by atoms with van der Waals surface area (Å²) in [6, 6.07) is 14.7. The number of aromatic carboxylic acids is 1. The molecule has 3 aromatic rings. The van der Waals surface area contributed by atoms with Crippen LogP contribution < -0.4 is 16.4 Å². The minimum absolute atomic E-state index is 0.00361. The van der Waals surface area contributed by atoms with Crippen LogP contribution in [0.5, 0.6) is 0 Å². The molecule has 6 unspecified atom stereocenters. The molecule has 0 aliphatic heterocycles. The van der Waals surface area contributed by atoms with Crippen LogP contribution in [0.1, 0.15) is 89.3 Å². The van der Waals surface area contributed by atoms with Crippen LogP contribution in [0.4, 0.5) is 17.1 Å². The van der Waals surface area contributed by atoms with Crippen LogP contribution in [0.2, 0.25) is 0 Å². The number of esters is 2. The SMILES string of the molecule is CC1(C)C(C=C(Cl)Cl)C1C(=O)Cl.COC(=O)c1ccc(N)c(C)c1.COC(=O)c1ccc(NC(=O)C2C(C=C(Cl)Cl)C2(C)C)c(C)c1.Cc1cc(C(=O)O)ccc1NC(=O)C1C(C=C(Cl)Cl)C1(C)C. The third-order valence-electron chi connectivity index (χ3n) is 12.8. The van der Waals surface area contributed by atoms with Gasteiger partial charge in [0.25, 0.3) is 0 Å². The Balaban J connectivity index is 0.000000254. The molecule has 19 heteroatoms. The average Bonchev–Trinajstić information content (AvgIpc) is 4.13. The van der Waals surface area contributed by atoms with Gasteiger partial charge in [-0.3, -0.25) is 14.4 Å². The number of benzene rings is 3. The molecule has 374 valence electrons. The lowest BCUT2D eigenvalue weighted by atomic mass is 10.1. The van der Waals surface area contributed by atoms with Crippen LogP contribution in [0.25, 0.3) is 0 Å². The maximum Gasteiger partial charge on any atom is 0.337 e. The van der Waals surface area contributed by atoms with E-state index in [2.05, 4.69) is 20.1 Å². The highest BCUT2D eigenvalue weighted by molar-refractivity contribution is 6.64. The molecule has 6 rings (SSSR count). The summed E-state index contributed by atoms with van der Waals surface area (Å²) in [6.45, 7) is 17.3. The second-order valence-electron chi connectivity index (χ2n) is 18.5. The van der Waals surface area contributed by atoms with Crippen molar-refractivity contribution in [3.8, 4) is 0 Å². The standard InChI is InChI=1S/C17H19Cl2NO3.C16H17Cl2NO3.C9H11NO2.C8H9Cl3O/c1-9-7-10(16(22)23-4)5-6-12(9)20-15(21)14-11(8-13(18)19)17(14,2)3;1-8-6-9(15(21)22)4-5-11(8)19-14(20)13-10(7-12(17)18)16(13,2)3;1-6-5-7(9(11)12-2)3-4-8(6)10;1-8(2)4(3-5(9)10)6(8)7(11)12/h5-8,11,14H,1-4H3,(H,20,21);4-7,10,13H,1-3H3,(H,19,20)(H,21,22);3-5H,10H2,1-2H3;3-4,6H,1-2H3. The summed E-state index contributed by atoms with van der Waals surface area (Å²) < 4.78 is 9.77. The smallest absolute Gasteiger partial charge is 0.337 e. The van der Waals surface area contributed by atoms with Crippen LogP contribution >= 0.6 is 81.2 Å². The van der Waals surface area contributed by atoms with Crippen molar-refractivity contribution in [1.29, 1.82) is 0 Å². The number of allylic oxidation sites excluding steroid dienone is 3. The summed E-state index contributed by atoms with van der Waals surface area (Å²) >= 11 is 39.1. The lowest BCUT2D eigenvalue weighted by Gasteiger charge is -2.10. The number of rotatable bonds is 11. The van der Waals surface area contributed by atoms with Crippen molar-refractivity contribution in [2.24, 2.45) is 51.8 Å². The summed E-state index contributed by atoms with van der Waals surface area (Å²) in [4.78, 5) is 69.2. The Morgan fingerprint density at radius 1 is 0.536 bits per heavy atom. The molecule has 3 aliphatic rings. The molecule has 3 fully saturated rings. The van der Waals surface area contributed by atoms with Crippen LogP contribution in [-0.2, 0) is 23.9 Å². The number of nitrogens with one attached hydrogen (secondary N) is 2. The van der Waals surface area contributed by atoms with E-state index in [-0.39, 0.29) is 93.8 Å². The normalized spacial score (nSPS) is 21.1. The van der Waals surface area contributed by atoms with Gasteiger partial charge in [0.2, 0.25) is 17.1 Å². The van der Waals surface area contributed by atoms with Gasteiger partial charge in [-0.2, -0.15) is 0 Å². The first-order valence-corrected chi connectivity index (χ1v) is 23.9. The zero-order valence-corrected chi connectivity index (χ0v) is 45.1. The first-order valence-electron chi connectivity index (χ1n) is 21.2. The topological polar surface area (TPSA) is 191 Å². The van der Waals surface area contributed by atoms with Crippen molar-refractivity contribution in [3.05, 3.63) is 120 Å². The van der Waals surface area contributed by atoms with E-state index in [0.717, 1.165) is 11.1 Å². The van der Waals surface area contributed by atoms with Crippen LogP contribution in [0.15, 0.2) is 86.3 Å². The molecule has 12 nitrogen and oxygen atoms in total. The monoisotopic (exact) mass is 1090 g/mol. The summed E-state index contributed by atoms with van der Waals surface area (Å²) in [7, 11) is 2.69. The van der Waals surface area contributed by atoms with Crippen LogP contribution in [-0.4, -0.2) is 54.3 Å². The van der Waals surface area contributed by atoms with Crippen LogP contribution in [0.3, 0.4) is 0 Å². The molecule has 5 N–H and O–H groups in total. The van der Waals surface area contributed by atoms with E-state index in [1.165, 1.54) is 26.4 Å². The second kappa shape index (κ2) is 24.2. The van der Waals surface area contributed by atoms with Gasteiger partial charge >= 0.3 is 17.9 Å². The zero-order valence-electron chi connectivity index (χ0n) is 39.8. The van der Waals surface area contributed by atoms with Crippen molar-refractivity contribution in [1.82, 2.24) is 0 Å². The number of carboxylic acid groups (broad SMARTS) is 1. The number of nitrogen functional groups attached to an aromatic ring is 1. The van der Waals surface area contributed by atoms with E-state index in [1.807, 2.05) is 55.4 Å². The Morgan fingerprint density at radius 3 is 1.16 bits per heavy atom. The lowest BCUT2D eigenvalue weighted by molar-refractivity contribution is -0.118. The zero-order chi connectivity index (χ0) is 52.7. The van der Waals surface area contributed by atoms with Gasteiger partial charge < -0.3 is 30.9 Å². The first kappa shape index (κ1) is 59.0. The third kappa shape index (κ3) is 15.6. The Morgan fingerprint density at radius 2 is 0.855 bits per heavy atom. The number of carbonyl (C=O) groups excluding carboxylic acids is 5. The Labute approximate surface area is 438 Å². The highest BCUT2D eigenvalue weighted by Gasteiger charge is 2.62. The maximum absolute atomic E-state index is 12.5. The van der Waals surface area contributed by atoms with Gasteiger partial charge in [0.05, 0.1) is 42.7 Å². The number of methoxy groups -OCH3 is 2. The molecule has 0 radical (unpaired) electrons. The van der Waals surface area contributed by atoms with Crippen molar-refractivity contribution in [2.45, 2.75) is 62.3 Å². The summed E-state index contributed by atoms with van der Waals surface area (Å²) in [5.74, 6) is -2.36. The van der Waals surface area contributed by atoms with Crippen molar-refractivity contribution >= 4 is 133 Å². The molecule has 0 saturated heterocycles. The summed E-state index contributed by atoms with van der Waals surface area (Å²) in [5, 5.41) is 14.4. The van der Waals surface area contributed by atoms with Crippen molar-refractivity contribution in [2.75, 3.05) is 30.6 Å². The molecule has 69 heavy (non-hydrogen) atoms. The average molecular weight is 1090 g/mol. The number of nitrogens with two attached hydrogens (primary N) is 1. The van der Waals surface area contributed by atoms with Gasteiger partial charge in [-0.1, -0.05) is 111 Å². The molecule has 3 aliphatic carbocycles. The minimum atomic E-state index is -0.994. The molecule has 0 spiro atoms. The highest BCUT2D eigenvalue weighted by Crippen LogP contribution is 2.62. The van der Waals surface area contributed by atoms with E-state index in [9.17, 15) is 28.8 Å². The number of hydrogen-bond donors (Lipinski definition) is 4. The predicted octanol–water partition coefficient (Wildman–Crippen LogP) is 13.2. The molecular formula is C50H56Cl7N3O9. The molecule has 3 saturated carbocycles. The predicted molar refractivity (Wildman–Crippen MR) is 277 cm³/mol. The second-order valence-corrected chi connectivity index (χ2v) is 21.9. The molecule has 0 bridgehead atoms. The van der Waals surface area contributed by atoms with E-state index in [0.29, 0.717) is 33.8 Å². The number of aryl methyl sites for hydroxylation is 3. The molecule has 0 aromatic heterocycles. The number of anilines is 3. The van der Waals surface area contributed by atoms with E-state index >= 15 is 0 Å². The van der Waals surface area contributed by atoms with Gasteiger partial charge in [-0.05, 0) is 156 Å². The fourth-order valence-electron chi connectivity index (χ4n) is 8.14. The highest BCUT2D eigenvalue weighted by atomic mass is 35.5. The molecule has 6 atom stereocenters. The number of halogens is 7. The number of carbonyl (C=O) groups is 6. The first-order chi connectivity index (χ1) is 31.8.